The lowest BCUT2D eigenvalue weighted by Crippen LogP contribution is -2.48. The SMILES string of the molecule is O=C(c1cc(C(F)(F)F)ccc1Cl)N1CCC(O)(CO)CC1. The van der Waals surface area contributed by atoms with Crippen molar-refractivity contribution in [3.63, 3.8) is 0 Å². The molecule has 1 fully saturated rings. The number of piperidine rings is 1. The van der Waals surface area contributed by atoms with Crippen molar-refractivity contribution in [1.29, 1.82) is 0 Å². The number of alkyl halides is 3. The van der Waals surface area contributed by atoms with E-state index in [9.17, 15) is 23.1 Å². The second kappa shape index (κ2) is 6.06. The first-order valence-electron chi connectivity index (χ1n) is 6.65. The normalized spacial score (nSPS) is 18.4. The van der Waals surface area contributed by atoms with Gasteiger partial charge in [0.1, 0.15) is 0 Å². The van der Waals surface area contributed by atoms with Gasteiger partial charge in [-0.3, -0.25) is 4.79 Å². The molecule has 1 aromatic rings. The maximum Gasteiger partial charge on any atom is 0.416 e. The van der Waals surface area contributed by atoms with E-state index in [1.54, 1.807) is 0 Å². The number of aliphatic hydroxyl groups excluding tert-OH is 1. The van der Waals surface area contributed by atoms with Crippen LogP contribution in [0.2, 0.25) is 5.02 Å². The molecule has 0 bridgehead atoms. The first-order chi connectivity index (χ1) is 10.2. The molecule has 0 unspecified atom stereocenters. The van der Waals surface area contributed by atoms with Gasteiger partial charge in [0.2, 0.25) is 0 Å². The van der Waals surface area contributed by atoms with Crippen molar-refractivity contribution in [2.75, 3.05) is 19.7 Å². The number of hydrogen-bond donors (Lipinski definition) is 2. The van der Waals surface area contributed by atoms with Crippen molar-refractivity contribution in [2.24, 2.45) is 0 Å². The van der Waals surface area contributed by atoms with Gasteiger partial charge in [-0.05, 0) is 31.0 Å². The van der Waals surface area contributed by atoms with E-state index in [4.69, 9.17) is 16.7 Å². The van der Waals surface area contributed by atoms with Crippen LogP contribution in [0.3, 0.4) is 0 Å². The van der Waals surface area contributed by atoms with Crippen molar-refractivity contribution < 1.29 is 28.2 Å². The minimum Gasteiger partial charge on any atom is -0.393 e. The van der Waals surface area contributed by atoms with E-state index >= 15 is 0 Å². The number of benzene rings is 1. The molecule has 1 saturated heterocycles. The summed E-state index contributed by atoms with van der Waals surface area (Å²) in [7, 11) is 0. The average Bonchev–Trinajstić information content (AvgIpc) is 2.46. The highest BCUT2D eigenvalue weighted by molar-refractivity contribution is 6.33. The van der Waals surface area contributed by atoms with Gasteiger partial charge in [-0.1, -0.05) is 11.6 Å². The summed E-state index contributed by atoms with van der Waals surface area (Å²) in [5.41, 5.74) is -2.40. The molecule has 2 rings (SSSR count). The summed E-state index contributed by atoms with van der Waals surface area (Å²) in [6.45, 7) is -0.135. The Morgan fingerprint density at radius 1 is 1.32 bits per heavy atom. The molecule has 0 saturated carbocycles. The molecule has 122 valence electrons. The van der Waals surface area contributed by atoms with E-state index < -0.39 is 29.9 Å². The van der Waals surface area contributed by atoms with E-state index in [0.717, 1.165) is 18.2 Å². The molecule has 0 aliphatic carbocycles. The van der Waals surface area contributed by atoms with Gasteiger partial charge in [0, 0.05) is 13.1 Å². The lowest BCUT2D eigenvalue weighted by Gasteiger charge is -2.37. The van der Waals surface area contributed by atoms with Crippen molar-refractivity contribution in [2.45, 2.75) is 24.6 Å². The minimum absolute atomic E-state index is 0.0546. The third-order valence-electron chi connectivity index (χ3n) is 3.80. The lowest BCUT2D eigenvalue weighted by molar-refractivity contribution is -0.137. The lowest BCUT2D eigenvalue weighted by atomic mass is 9.92. The van der Waals surface area contributed by atoms with Gasteiger partial charge in [0.25, 0.3) is 5.91 Å². The number of aliphatic hydroxyl groups is 2. The quantitative estimate of drug-likeness (QED) is 0.870. The fourth-order valence-corrected chi connectivity index (χ4v) is 2.52. The van der Waals surface area contributed by atoms with Crippen LogP contribution in [0.1, 0.15) is 28.8 Å². The molecular weight excluding hydrogens is 323 g/mol. The van der Waals surface area contributed by atoms with Crippen LogP contribution in [0.5, 0.6) is 0 Å². The van der Waals surface area contributed by atoms with Crippen LogP contribution in [-0.4, -0.2) is 46.3 Å². The van der Waals surface area contributed by atoms with Gasteiger partial charge in [-0.25, -0.2) is 0 Å². The Kier molecular flexibility index (Phi) is 4.70. The minimum atomic E-state index is -4.56. The van der Waals surface area contributed by atoms with Gasteiger partial charge in [-0.15, -0.1) is 0 Å². The summed E-state index contributed by atoms with van der Waals surface area (Å²) in [5, 5.41) is 18.9. The Morgan fingerprint density at radius 3 is 2.41 bits per heavy atom. The molecule has 1 aliphatic heterocycles. The molecule has 1 aromatic carbocycles. The fraction of sp³-hybridized carbons (Fsp3) is 0.500. The highest BCUT2D eigenvalue weighted by atomic mass is 35.5. The van der Waals surface area contributed by atoms with Crippen molar-refractivity contribution in [3.05, 3.63) is 34.3 Å². The second-order valence-corrected chi connectivity index (χ2v) is 5.77. The van der Waals surface area contributed by atoms with Crippen molar-refractivity contribution >= 4 is 17.5 Å². The Balaban J connectivity index is 2.20. The van der Waals surface area contributed by atoms with Gasteiger partial charge in [0.15, 0.2) is 0 Å². The summed E-state index contributed by atoms with van der Waals surface area (Å²) in [5.74, 6) is -0.615. The molecule has 8 heteroatoms. The molecule has 1 aliphatic rings. The standard InChI is InChI=1S/C14H15ClF3NO3/c15-11-2-1-9(14(16,17)18)7-10(11)12(21)19-5-3-13(22,8-20)4-6-19/h1-2,7,20,22H,3-6,8H2. The maximum absolute atomic E-state index is 12.7. The smallest absolute Gasteiger partial charge is 0.393 e. The topological polar surface area (TPSA) is 60.8 Å². The first kappa shape index (κ1) is 17.1. The molecule has 2 N–H and O–H groups in total. The molecule has 22 heavy (non-hydrogen) atoms. The Hall–Kier alpha value is -1.31. The zero-order valence-corrected chi connectivity index (χ0v) is 12.3. The second-order valence-electron chi connectivity index (χ2n) is 5.37. The number of hydrogen-bond acceptors (Lipinski definition) is 3. The van der Waals surface area contributed by atoms with Crippen LogP contribution in [0.25, 0.3) is 0 Å². The predicted octanol–water partition coefficient (Wildman–Crippen LogP) is 2.32. The van der Waals surface area contributed by atoms with Crippen molar-refractivity contribution in [3.8, 4) is 0 Å². The number of carbonyl (C=O) groups is 1. The van der Waals surface area contributed by atoms with Crippen LogP contribution >= 0.6 is 11.6 Å². The summed E-state index contributed by atoms with van der Waals surface area (Å²) >= 11 is 5.84. The number of nitrogens with zero attached hydrogens (tertiary/aromatic N) is 1. The van der Waals surface area contributed by atoms with Gasteiger partial charge >= 0.3 is 6.18 Å². The third kappa shape index (κ3) is 3.53. The molecule has 0 atom stereocenters. The number of halogens is 4. The fourth-order valence-electron chi connectivity index (χ4n) is 2.32. The van der Waals surface area contributed by atoms with Crippen LogP contribution in [-0.2, 0) is 6.18 Å². The highest BCUT2D eigenvalue weighted by Gasteiger charge is 2.35. The Bertz CT molecular complexity index is 569. The van der Waals surface area contributed by atoms with E-state index in [2.05, 4.69) is 0 Å². The van der Waals surface area contributed by atoms with Gasteiger partial charge < -0.3 is 15.1 Å². The van der Waals surface area contributed by atoms with E-state index in [1.807, 2.05) is 0 Å². The maximum atomic E-state index is 12.7. The zero-order valence-electron chi connectivity index (χ0n) is 11.5. The molecule has 0 radical (unpaired) electrons. The average molecular weight is 338 g/mol. The van der Waals surface area contributed by atoms with Crippen LogP contribution in [0.15, 0.2) is 18.2 Å². The Labute approximate surface area is 130 Å². The summed E-state index contributed by atoms with van der Waals surface area (Å²) < 4.78 is 38.2. The Morgan fingerprint density at radius 2 is 1.91 bits per heavy atom. The molecule has 0 aromatic heterocycles. The predicted molar refractivity (Wildman–Crippen MR) is 73.6 cm³/mol. The largest absolute Gasteiger partial charge is 0.416 e. The van der Waals surface area contributed by atoms with Gasteiger partial charge in [-0.2, -0.15) is 13.2 Å². The zero-order chi connectivity index (χ0) is 16.5. The molecule has 0 spiro atoms. The van der Waals surface area contributed by atoms with Crippen LogP contribution in [0, 0.1) is 0 Å². The summed E-state index contributed by atoms with van der Waals surface area (Å²) in [6.07, 6.45) is -4.24. The number of rotatable bonds is 2. The molecule has 1 heterocycles. The molecule has 4 nitrogen and oxygen atoms in total. The number of amides is 1. The third-order valence-corrected chi connectivity index (χ3v) is 4.13. The number of carbonyl (C=O) groups excluding carboxylic acids is 1. The van der Waals surface area contributed by atoms with E-state index in [-0.39, 0.29) is 36.5 Å². The van der Waals surface area contributed by atoms with Crippen LogP contribution in [0.4, 0.5) is 13.2 Å². The highest BCUT2D eigenvalue weighted by Crippen LogP contribution is 2.32. The summed E-state index contributed by atoms with van der Waals surface area (Å²) in [6, 6.07) is 2.60. The van der Waals surface area contributed by atoms with Gasteiger partial charge in [0.05, 0.1) is 28.4 Å². The molecule has 1 amide bonds. The first-order valence-corrected chi connectivity index (χ1v) is 7.03. The number of likely N-dealkylation sites (tertiary alicyclic amines) is 1. The monoisotopic (exact) mass is 337 g/mol. The molecular formula is C14H15ClF3NO3. The van der Waals surface area contributed by atoms with E-state index in [1.165, 1.54) is 4.90 Å². The van der Waals surface area contributed by atoms with Crippen molar-refractivity contribution in [1.82, 2.24) is 4.90 Å². The van der Waals surface area contributed by atoms with E-state index in [0.29, 0.717) is 0 Å². The summed E-state index contributed by atoms with van der Waals surface area (Å²) in [4.78, 5) is 13.7. The van der Waals surface area contributed by atoms with Crippen LogP contribution < -0.4 is 0 Å².